The van der Waals surface area contributed by atoms with Gasteiger partial charge < -0.3 is 14.6 Å². The number of nitrogens with zero attached hydrogens (tertiary/aromatic N) is 4. The van der Waals surface area contributed by atoms with Crippen molar-refractivity contribution in [2.24, 2.45) is 0 Å². The van der Waals surface area contributed by atoms with Gasteiger partial charge in [-0.2, -0.15) is 0 Å². The predicted molar refractivity (Wildman–Crippen MR) is 162 cm³/mol. The van der Waals surface area contributed by atoms with E-state index in [4.69, 9.17) is 16.6 Å². The van der Waals surface area contributed by atoms with Crippen LogP contribution in [0, 0.1) is 20.2 Å². The first-order chi connectivity index (χ1) is 20.4. The Balaban J connectivity index is 1.31. The molecule has 5 aromatic rings. The lowest BCUT2D eigenvalue weighted by atomic mass is 10.0. The normalized spacial score (nSPS) is 16.3. The van der Waals surface area contributed by atoms with Crippen molar-refractivity contribution in [3.63, 3.8) is 0 Å². The van der Waals surface area contributed by atoms with E-state index in [1.165, 1.54) is 36.0 Å². The third kappa shape index (κ3) is 5.45. The van der Waals surface area contributed by atoms with Crippen LogP contribution >= 0.6 is 24.0 Å². The van der Waals surface area contributed by atoms with E-state index in [2.05, 4.69) is 10.3 Å². The molecule has 42 heavy (non-hydrogen) atoms. The van der Waals surface area contributed by atoms with E-state index in [1.807, 2.05) is 59.5 Å². The minimum absolute atomic E-state index is 0.00690. The van der Waals surface area contributed by atoms with Crippen molar-refractivity contribution >= 4 is 46.2 Å². The quantitative estimate of drug-likeness (QED) is 0.109. The Labute approximate surface area is 249 Å². The first kappa shape index (κ1) is 27.1. The van der Waals surface area contributed by atoms with Gasteiger partial charge in [0, 0.05) is 51.5 Å². The molecular weight excluding hydrogens is 574 g/mol. The van der Waals surface area contributed by atoms with E-state index in [1.54, 1.807) is 30.5 Å². The molecule has 1 aliphatic heterocycles. The van der Waals surface area contributed by atoms with Crippen LogP contribution in [0.4, 0.5) is 17.1 Å². The molecule has 0 amide bonds. The van der Waals surface area contributed by atoms with Gasteiger partial charge in [0.1, 0.15) is 17.6 Å². The summed E-state index contributed by atoms with van der Waals surface area (Å²) in [5.41, 5.74) is 2.41. The van der Waals surface area contributed by atoms with Crippen molar-refractivity contribution in [1.29, 1.82) is 0 Å². The summed E-state index contributed by atoms with van der Waals surface area (Å²) in [6.07, 6.45) is 1.73. The van der Waals surface area contributed by atoms with Crippen LogP contribution in [0.2, 0.25) is 0 Å². The number of hydrogen-bond acceptors (Lipinski definition) is 8. The number of anilines is 1. The lowest BCUT2D eigenvalue weighted by molar-refractivity contribution is -0.385. The Kier molecular flexibility index (Phi) is 7.38. The lowest BCUT2D eigenvalue weighted by Gasteiger charge is -2.26. The van der Waals surface area contributed by atoms with Crippen molar-refractivity contribution in [1.82, 2.24) is 10.3 Å². The number of non-ortho nitro benzene ring substituents is 2. The first-order valence-electron chi connectivity index (χ1n) is 12.7. The first-order valence-corrected chi connectivity index (χ1v) is 14.0. The molecule has 0 radical (unpaired) electrons. The molecule has 3 heterocycles. The third-order valence-corrected chi connectivity index (χ3v) is 8.11. The molecule has 0 spiro atoms. The molecule has 12 heteroatoms. The summed E-state index contributed by atoms with van der Waals surface area (Å²) in [6, 6.07) is 29.3. The molecule has 0 unspecified atom stereocenters. The zero-order valence-corrected chi connectivity index (χ0v) is 23.3. The highest BCUT2D eigenvalue weighted by molar-refractivity contribution is 7.99. The van der Waals surface area contributed by atoms with Gasteiger partial charge in [-0.1, -0.05) is 17.8 Å². The standard InChI is InChI=1S/C30H21N5O5S2/c36-34(37)21-6-4-19(5-7-21)26-16-17-27(40-26)29-28(25-3-1-2-18-31-25)32-30(41)33(29)20-8-12-23(13-9-20)42-24-14-10-22(11-15-24)35(38)39/h1-18,28-29H,(H,32,41)/t28-,29+/m1/s1. The lowest BCUT2D eigenvalue weighted by Crippen LogP contribution is -2.29. The van der Waals surface area contributed by atoms with E-state index in [9.17, 15) is 20.2 Å². The molecule has 0 bridgehead atoms. The summed E-state index contributed by atoms with van der Waals surface area (Å²) >= 11 is 7.31. The van der Waals surface area contributed by atoms with Crippen LogP contribution in [0.1, 0.15) is 23.5 Å². The van der Waals surface area contributed by atoms with Crippen molar-refractivity contribution in [3.05, 3.63) is 141 Å². The Morgan fingerprint density at radius 3 is 2.02 bits per heavy atom. The van der Waals surface area contributed by atoms with Gasteiger partial charge >= 0.3 is 0 Å². The largest absolute Gasteiger partial charge is 0.459 e. The molecule has 208 valence electrons. The summed E-state index contributed by atoms with van der Waals surface area (Å²) in [6.45, 7) is 0. The Morgan fingerprint density at radius 1 is 0.810 bits per heavy atom. The second-order valence-electron chi connectivity index (χ2n) is 9.35. The van der Waals surface area contributed by atoms with Crippen LogP contribution in [0.5, 0.6) is 0 Å². The summed E-state index contributed by atoms with van der Waals surface area (Å²) < 4.78 is 6.34. The van der Waals surface area contributed by atoms with Crippen LogP contribution in [-0.2, 0) is 0 Å². The average molecular weight is 596 g/mol. The van der Waals surface area contributed by atoms with Crippen LogP contribution < -0.4 is 10.2 Å². The molecule has 1 N–H and O–H groups in total. The molecule has 2 atom stereocenters. The van der Waals surface area contributed by atoms with Crippen LogP contribution in [-0.4, -0.2) is 19.9 Å². The molecule has 3 aromatic carbocycles. The number of aromatic nitrogens is 1. The van der Waals surface area contributed by atoms with E-state index in [0.29, 0.717) is 22.2 Å². The zero-order valence-electron chi connectivity index (χ0n) is 21.7. The number of nitro benzene ring substituents is 2. The summed E-state index contributed by atoms with van der Waals surface area (Å²) in [5, 5.41) is 25.9. The number of nitro groups is 2. The molecule has 1 fully saturated rings. The maximum Gasteiger partial charge on any atom is 0.269 e. The zero-order chi connectivity index (χ0) is 29.2. The molecule has 0 saturated carbocycles. The Hall–Kier alpha value is -5.07. The second-order valence-corrected chi connectivity index (χ2v) is 10.9. The molecule has 2 aromatic heterocycles. The van der Waals surface area contributed by atoms with E-state index in [0.717, 1.165) is 21.2 Å². The SMILES string of the molecule is O=[N+]([O-])c1ccc(Sc2ccc(N3C(=S)N[C@H](c4ccccn4)[C@@H]3c3ccc(-c4ccc([N+](=O)[O-])cc4)o3)cc2)cc1. The number of nitrogens with one attached hydrogen (secondary N) is 1. The predicted octanol–water partition coefficient (Wildman–Crippen LogP) is 7.49. The number of rotatable bonds is 8. The van der Waals surface area contributed by atoms with E-state index in [-0.39, 0.29) is 23.5 Å². The molecule has 0 aliphatic carbocycles. The fourth-order valence-corrected chi connectivity index (χ4v) is 5.95. The molecule has 1 aliphatic rings. The van der Waals surface area contributed by atoms with Gasteiger partial charge in [0.05, 0.1) is 21.6 Å². The highest BCUT2D eigenvalue weighted by atomic mass is 32.2. The monoisotopic (exact) mass is 595 g/mol. The smallest absolute Gasteiger partial charge is 0.269 e. The highest BCUT2D eigenvalue weighted by Crippen LogP contribution is 2.43. The van der Waals surface area contributed by atoms with Crippen molar-refractivity contribution < 1.29 is 14.3 Å². The van der Waals surface area contributed by atoms with Gasteiger partial charge in [-0.3, -0.25) is 25.2 Å². The molecule has 10 nitrogen and oxygen atoms in total. The van der Waals surface area contributed by atoms with Gasteiger partial charge in [-0.15, -0.1) is 0 Å². The summed E-state index contributed by atoms with van der Waals surface area (Å²) in [7, 11) is 0. The number of benzene rings is 3. The number of pyridine rings is 1. The van der Waals surface area contributed by atoms with Gasteiger partial charge in [0.25, 0.3) is 11.4 Å². The Morgan fingerprint density at radius 2 is 1.43 bits per heavy atom. The number of thiocarbonyl (C=S) groups is 1. The molecule has 6 rings (SSSR count). The van der Waals surface area contributed by atoms with Crippen molar-refractivity contribution in [2.75, 3.05) is 4.90 Å². The fraction of sp³-hybridized carbons (Fsp3) is 0.0667. The molecule has 1 saturated heterocycles. The average Bonchev–Trinajstić information content (AvgIpc) is 3.63. The van der Waals surface area contributed by atoms with Gasteiger partial charge in [-0.25, -0.2) is 0 Å². The van der Waals surface area contributed by atoms with Crippen LogP contribution in [0.3, 0.4) is 0 Å². The summed E-state index contributed by atoms with van der Waals surface area (Å²) in [4.78, 5) is 29.6. The van der Waals surface area contributed by atoms with Crippen LogP contribution in [0.25, 0.3) is 11.3 Å². The minimum Gasteiger partial charge on any atom is -0.459 e. The fourth-order valence-electron chi connectivity index (χ4n) is 4.78. The topological polar surface area (TPSA) is 128 Å². The van der Waals surface area contributed by atoms with Crippen molar-refractivity contribution in [3.8, 4) is 11.3 Å². The molecular formula is C30H21N5O5S2. The summed E-state index contributed by atoms with van der Waals surface area (Å²) in [5.74, 6) is 1.22. The van der Waals surface area contributed by atoms with E-state index >= 15 is 0 Å². The van der Waals surface area contributed by atoms with Crippen LogP contribution in [0.15, 0.2) is 124 Å². The second kappa shape index (κ2) is 11.4. The minimum atomic E-state index is -0.437. The Bertz CT molecular complexity index is 1760. The third-order valence-electron chi connectivity index (χ3n) is 6.78. The van der Waals surface area contributed by atoms with E-state index < -0.39 is 9.85 Å². The van der Waals surface area contributed by atoms with Gasteiger partial charge in [0.15, 0.2) is 5.11 Å². The van der Waals surface area contributed by atoms with Crippen molar-refractivity contribution in [2.45, 2.75) is 21.9 Å². The van der Waals surface area contributed by atoms with Gasteiger partial charge in [-0.05, 0) is 85.0 Å². The van der Waals surface area contributed by atoms with Gasteiger partial charge in [0.2, 0.25) is 0 Å². The number of hydrogen-bond donors (Lipinski definition) is 1. The maximum absolute atomic E-state index is 11.1. The number of furan rings is 1. The maximum atomic E-state index is 11.1. The highest BCUT2D eigenvalue weighted by Gasteiger charge is 2.42.